The maximum absolute atomic E-state index is 12.3. The number of carboxylic acids is 1. The Morgan fingerprint density at radius 2 is 1.61 bits per heavy atom. The van der Waals surface area contributed by atoms with Gasteiger partial charge in [-0.3, -0.25) is 9.59 Å². The number of aliphatic carboxylic acids is 1. The van der Waals surface area contributed by atoms with E-state index in [4.69, 9.17) is 9.84 Å². The van der Waals surface area contributed by atoms with E-state index in [1.165, 1.54) is 11.1 Å². The van der Waals surface area contributed by atoms with Crippen LogP contribution in [0.4, 0.5) is 4.79 Å². The van der Waals surface area contributed by atoms with Crippen LogP contribution in [0.2, 0.25) is 0 Å². The first-order valence-corrected chi connectivity index (χ1v) is 11.6. The van der Waals surface area contributed by atoms with Gasteiger partial charge in [-0.2, -0.15) is 0 Å². The molecule has 1 atom stereocenters. The van der Waals surface area contributed by atoms with Gasteiger partial charge in [0.25, 0.3) is 0 Å². The smallest absolute Gasteiger partial charge is 0.407 e. The molecule has 0 spiro atoms. The number of nitrogens with one attached hydrogen (secondary N) is 2. The van der Waals surface area contributed by atoms with E-state index in [9.17, 15) is 14.4 Å². The van der Waals surface area contributed by atoms with Crippen LogP contribution in [-0.2, 0) is 14.3 Å². The summed E-state index contributed by atoms with van der Waals surface area (Å²) in [5, 5.41) is 14.2. The van der Waals surface area contributed by atoms with Crippen molar-refractivity contribution < 1.29 is 24.2 Å². The predicted octanol–water partition coefficient (Wildman–Crippen LogP) is 4.31. The Bertz CT molecular complexity index is 929. The molecule has 2 amide bonds. The lowest BCUT2D eigenvalue weighted by atomic mass is 9.98. The molecule has 1 unspecified atom stereocenters. The van der Waals surface area contributed by atoms with Crippen LogP contribution in [0.5, 0.6) is 0 Å². The number of carbonyl (C=O) groups excluding carboxylic acids is 2. The molecule has 2 aromatic carbocycles. The maximum atomic E-state index is 12.3. The first-order chi connectivity index (χ1) is 16.0. The van der Waals surface area contributed by atoms with Crippen molar-refractivity contribution >= 4 is 18.0 Å². The van der Waals surface area contributed by atoms with Gasteiger partial charge in [0, 0.05) is 31.8 Å². The Labute approximate surface area is 194 Å². The quantitative estimate of drug-likeness (QED) is 0.416. The fourth-order valence-electron chi connectivity index (χ4n) is 4.20. The molecule has 0 saturated heterocycles. The molecule has 0 bridgehead atoms. The van der Waals surface area contributed by atoms with Crippen LogP contribution in [0, 0.1) is 5.92 Å². The Morgan fingerprint density at radius 3 is 2.21 bits per heavy atom. The average molecular weight is 453 g/mol. The first-order valence-electron chi connectivity index (χ1n) is 11.6. The zero-order chi connectivity index (χ0) is 23.6. The van der Waals surface area contributed by atoms with E-state index >= 15 is 0 Å². The van der Waals surface area contributed by atoms with Crippen molar-refractivity contribution in [3.8, 4) is 11.1 Å². The largest absolute Gasteiger partial charge is 0.481 e. The zero-order valence-electron chi connectivity index (χ0n) is 19.0. The van der Waals surface area contributed by atoms with Crippen LogP contribution in [0.25, 0.3) is 11.1 Å². The molecule has 0 radical (unpaired) electrons. The topological polar surface area (TPSA) is 105 Å². The summed E-state index contributed by atoms with van der Waals surface area (Å²) in [6, 6.07) is 16.4. The Kier molecular flexibility index (Phi) is 8.87. The average Bonchev–Trinajstić information content (AvgIpc) is 3.13. The number of carboxylic acid groups (broad SMARTS) is 1. The number of alkyl carbamates (subject to hydrolysis) is 1. The van der Waals surface area contributed by atoms with Gasteiger partial charge >= 0.3 is 12.1 Å². The molecule has 1 aliphatic carbocycles. The van der Waals surface area contributed by atoms with E-state index in [1.807, 2.05) is 31.2 Å². The summed E-state index contributed by atoms with van der Waals surface area (Å²) in [5.74, 6) is -0.903. The molecule has 176 valence electrons. The summed E-state index contributed by atoms with van der Waals surface area (Å²) in [4.78, 5) is 35.0. The molecule has 0 aromatic heterocycles. The number of fused-ring (bicyclic) bond motifs is 3. The molecule has 0 saturated carbocycles. The molecule has 1 aliphatic rings. The minimum atomic E-state index is -0.827. The summed E-state index contributed by atoms with van der Waals surface area (Å²) in [7, 11) is 0. The summed E-state index contributed by atoms with van der Waals surface area (Å²) in [5.41, 5.74) is 4.69. The molecular weight excluding hydrogens is 420 g/mol. The molecule has 7 heteroatoms. The van der Waals surface area contributed by atoms with Crippen LogP contribution >= 0.6 is 0 Å². The highest BCUT2D eigenvalue weighted by Gasteiger charge is 2.29. The van der Waals surface area contributed by atoms with Gasteiger partial charge in [-0.15, -0.1) is 0 Å². The first kappa shape index (κ1) is 24.3. The van der Waals surface area contributed by atoms with Gasteiger partial charge in [-0.25, -0.2) is 4.79 Å². The molecule has 0 fully saturated rings. The van der Waals surface area contributed by atoms with Crippen LogP contribution < -0.4 is 10.6 Å². The van der Waals surface area contributed by atoms with Gasteiger partial charge in [0.1, 0.15) is 6.61 Å². The van der Waals surface area contributed by atoms with Gasteiger partial charge in [0.05, 0.1) is 0 Å². The molecule has 3 rings (SSSR count). The van der Waals surface area contributed by atoms with Gasteiger partial charge in [0.15, 0.2) is 0 Å². The predicted molar refractivity (Wildman–Crippen MR) is 126 cm³/mol. The standard InChI is InChI=1S/C26H32N2O5/c1-2-18(15-24(29)27-14-8-7-13-25(30)31)16-28-26(32)33-17-23-21-11-5-3-9-19(21)20-10-4-6-12-22(20)23/h3-6,9-12,18,23H,2,7-8,13-17H2,1H3,(H,27,29)(H,28,32)(H,30,31). The number of rotatable bonds is 12. The molecule has 33 heavy (non-hydrogen) atoms. The molecular formula is C26H32N2O5. The second-order valence-electron chi connectivity index (χ2n) is 8.39. The molecule has 0 heterocycles. The van der Waals surface area contributed by atoms with Crippen molar-refractivity contribution in [1.29, 1.82) is 0 Å². The fraction of sp³-hybridized carbons (Fsp3) is 0.423. The third kappa shape index (κ3) is 6.81. The minimum Gasteiger partial charge on any atom is -0.481 e. The van der Waals surface area contributed by atoms with E-state index < -0.39 is 12.1 Å². The third-order valence-electron chi connectivity index (χ3n) is 6.07. The van der Waals surface area contributed by atoms with Gasteiger partial charge in [-0.1, -0.05) is 61.9 Å². The summed E-state index contributed by atoms with van der Waals surface area (Å²) in [6.07, 6.45) is 1.85. The van der Waals surface area contributed by atoms with Crippen molar-refractivity contribution in [2.75, 3.05) is 19.7 Å². The second-order valence-corrected chi connectivity index (χ2v) is 8.39. The van der Waals surface area contributed by atoms with Crippen LogP contribution in [0.15, 0.2) is 48.5 Å². The van der Waals surface area contributed by atoms with Crippen molar-refractivity contribution in [3.05, 3.63) is 59.7 Å². The number of hydrogen-bond acceptors (Lipinski definition) is 4. The lowest BCUT2D eigenvalue weighted by Gasteiger charge is -2.17. The van der Waals surface area contributed by atoms with E-state index in [1.54, 1.807) is 0 Å². The van der Waals surface area contributed by atoms with Crippen molar-refractivity contribution in [1.82, 2.24) is 10.6 Å². The van der Waals surface area contributed by atoms with Crippen LogP contribution in [-0.4, -0.2) is 42.8 Å². The number of ether oxygens (including phenoxy) is 1. The summed E-state index contributed by atoms with van der Waals surface area (Å²) in [6.45, 7) is 3.06. The third-order valence-corrected chi connectivity index (χ3v) is 6.07. The zero-order valence-corrected chi connectivity index (χ0v) is 19.0. The van der Waals surface area contributed by atoms with E-state index in [0.717, 1.165) is 17.5 Å². The number of amides is 2. The second kappa shape index (κ2) is 12.0. The van der Waals surface area contributed by atoms with E-state index in [2.05, 4.69) is 34.9 Å². The molecule has 2 aromatic rings. The highest BCUT2D eigenvalue weighted by atomic mass is 16.5. The van der Waals surface area contributed by atoms with Gasteiger partial charge in [0.2, 0.25) is 5.91 Å². The van der Waals surface area contributed by atoms with E-state index in [0.29, 0.717) is 32.4 Å². The molecule has 0 aliphatic heterocycles. The van der Waals surface area contributed by atoms with Crippen molar-refractivity contribution in [3.63, 3.8) is 0 Å². The summed E-state index contributed by atoms with van der Waals surface area (Å²) < 4.78 is 5.55. The minimum absolute atomic E-state index is 0.00417. The molecule has 3 N–H and O–H groups in total. The number of carbonyl (C=O) groups is 3. The fourth-order valence-corrected chi connectivity index (χ4v) is 4.20. The Balaban J connectivity index is 1.42. The van der Waals surface area contributed by atoms with Crippen LogP contribution in [0.3, 0.4) is 0 Å². The lowest BCUT2D eigenvalue weighted by molar-refractivity contribution is -0.137. The highest BCUT2D eigenvalue weighted by Crippen LogP contribution is 2.44. The summed E-state index contributed by atoms with van der Waals surface area (Å²) >= 11 is 0. The lowest BCUT2D eigenvalue weighted by Crippen LogP contribution is -2.34. The van der Waals surface area contributed by atoms with Gasteiger partial charge in [-0.05, 0) is 41.0 Å². The number of benzene rings is 2. The van der Waals surface area contributed by atoms with Crippen LogP contribution in [0.1, 0.15) is 56.1 Å². The highest BCUT2D eigenvalue weighted by molar-refractivity contribution is 5.79. The SMILES string of the molecule is CCC(CNC(=O)OCC1c2ccccc2-c2ccccc21)CC(=O)NCCCCC(=O)O. The van der Waals surface area contributed by atoms with Crippen molar-refractivity contribution in [2.45, 2.75) is 44.9 Å². The molecule has 7 nitrogen and oxygen atoms in total. The monoisotopic (exact) mass is 452 g/mol. The van der Waals surface area contributed by atoms with Crippen molar-refractivity contribution in [2.24, 2.45) is 5.92 Å². The van der Waals surface area contributed by atoms with Gasteiger partial charge < -0.3 is 20.5 Å². The number of unbranched alkanes of at least 4 members (excludes halogenated alkanes) is 1. The Hall–Kier alpha value is -3.35. The van der Waals surface area contributed by atoms with E-state index in [-0.39, 0.29) is 30.8 Å². The number of hydrogen-bond donors (Lipinski definition) is 3. The Morgan fingerprint density at radius 1 is 0.970 bits per heavy atom. The maximum Gasteiger partial charge on any atom is 0.407 e. The normalized spacial score (nSPS) is 13.0.